The summed E-state index contributed by atoms with van der Waals surface area (Å²) >= 11 is 0. The third-order valence-electron chi connectivity index (χ3n) is 9.57. The van der Waals surface area contributed by atoms with Gasteiger partial charge in [0.1, 0.15) is 12.1 Å². The summed E-state index contributed by atoms with van der Waals surface area (Å²) in [5, 5.41) is 0. The summed E-state index contributed by atoms with van der Waals surface area (Å²) in [6.07, 6.45) is 14.6. The van der Waals surface area contributed by atoms with E-state index < -0.39 is 12.1 Å². The van der Waals surface area contributed by atoms with Crippen LogP contribution in [0.4, 0.5) is 0 Å². The number of ketones is 1. The van der Waals surface area contributed by atoms with Crippen molar-refractivity contribution >= 4 is 5.78 Å². The van der Waals surface area contributed by atoms with Crippen LogP contribution in [0.1, 0.15) is 70.4 Å². The second-order valence-electron chi connectivity index (χ2n) is 12.1. The highest BCUT2D eigenvalue weighted by Crippen LogP contribution is 2.42. The van der Waals surface area contributed by atoms with E-state index >= 15 is 0 Å². The third-order valence-corrected chi connectivity index (χ3v) is 9.57. The Morgan fingerprint density at radius 3 is 1.41 bits per heavy atom. The van der Waals surface area contributed by atoms with Gasteiger partial charge in [-0.3, -0.25) is 4.79 Å². The van der Waals surface area contributed by atoms with Crippen molar-refractivity contribution in [1.29, 1.82) is 0 Å². The molecule has 0 saturated carbocycles. The maximum atomic E-state index is 14.9. The van der Waals surface area contributed by atoms with Crippen LogP contribution < -0.4 is 0 Å². The Balaban J connectivity index is 1.20. The average molecular weight is 575 g/mol. The predicted octanol–water partition coefficient (Wildman–Crippen LogP) is 7.79. The summed E-state index contributed by atoms with van der Waals surface area (Å²) in [4.78, 5) is 23.6. The summed E-state index contributed by atoms with van der Waals surface area (Å²) < 4.78 is 3.89. The number of fused-ring (bicyclic) bond motifs is 6. The molecule has 2 unspecified atom stereocenters. The van der Waals surface area contributed by atoms with Gasteiger partial charge in [0.15, 0.2) is 5.78 Å². The van der Waals surface area contributed by atoms with Crippen molar-refractivity contribution in [2.24, 2.45) is 0 Å². The number of hydrogen-bond acceptors (Lipinski definition) is 3. The van der Waals surface area contributed by atoms with Crippen molar-refractivity contribution in [2.45, 2.75) is 51.6 Å². The SMILES string of the molecule is CCc1ccc2c(c1)Cc1cc(C(C(=O)C(c3ccc4c(c3)Cc3cc(CC)ccc3-4)n3ccnc3)n3ccnc3)ccc1-2. The number of hydrogen-bond donors (Lipinski definition) is 0. The zero-order valence-corrected chi connectivity index (χ0v) is 25.1. The number of aryl methyl sites for hydroxylation is 2. The van der Waals surface area contributed by atoms with Crippen molar-refractivity contribution in [3.63, 3.8) is 0 Å². The molecule has 44 heavy (non-hydrogen) atoms. The van der Waals surface area contributed by atoms with E-state index in [9.17, 15) is 4.79 Å². The quantitative estimate of drug-likeness (QED) is 0.186. The van der Waals surface area contributed by atoms with Crippen molar-refractivity contribution in [3.8, 4) is 22.3 Å². The highest BCUT2D eigenvalue weighted by Gasteiger charge is 2.34. The Hall–Kier alpha value is -5.03. The van der Waals surface area contributed by atoms with Gasteiger partial charge >= 0.3 is 0 Å². The lowest BCUT2D eigenvalue weighted by molar-refractivity contribution is -0.123. The van der Waals surface area contributed by atoms with Gasteiger partial charge in [-0.2, -0.15) is 0 Å². The van der Waals surface area contributed by atoms with Gasteiger partial charge in [-0.25, -0.2) is 9.97 Å². The van der Waals surface area contributed by atoms with Crippen molar-refractivity contribution in [2.75, 3.05) is 0 Å². The van der Waals surface area contributed by atoms with Crippen LogP contribution in [0.25, 0.3) is 22.3 Å². The smallest absolute Gasteiger partial charge is 0.187 e. The van der Waals surface area contributed by atoms with E-state index in [4.69, 9.17) is 0 Å². The number of nitrogens with zero attached hydrogens (tertiary/aromatic N) is 4. The number of Topliss-reactive ketones (excluding diaryl/α,β-unsaturated/α-hetero) is 1. The molecule has 2 aliphatic carbocycles. The fourth-order valence-corrected chi connectivity index (χ4v) is 7.31. The standard InChI is InChI=1S/C39H34N4O/c1-3-25-5-9-33-29(17-25)21-31-19-27(7-11-35(31)33)37(42-15-13-40-23-42)39(44)38(43-16-14-41-24-43)28-8-12-36-32(20-28)22-30-18-26(4-2)6-10-34(30)36/h5-20,23-24,37-38H,3-4,21-22H2,1-2H3. The molecule has 2 aliphatic rings. The van der Waals surface area contributed by atoms with Gasteiger partial charge in [-0.05, 0) is 92.4 Å². The highest BCUT2D eigenvalue weighted by molar-refractivity contribution is 5.92. The van der Waals surface area contributed by atoms with Gasteiger partial charge < -0.3 is 9.13 Å². The molecule has 0 aliphatic heterocycles. The van der Waals surface area contributed by atoms with Crippen LogP contribution >= 0.6 is 0 Å². The minimum atomic E-state index is -0.539. The van der Waals surface area contributed by atoms with Crippen molar-refractivity contribution in [1.82, 2.24) is 19.1 Å². The van der Waals surface area contributed by atoms with Gasteiger partial charge in [0.25, 0.3) is 0 Å². The van der Waals surface area contributed by atoms with Gasteiger partial charge in [-0.15, -0.1) is 0 Å². The van der Waals surface area contributed by atoms with Crippen molar-refractivity contribution < 1.29 is 4.79 Å². The molecule has 0 amide bonds. The molecule has 4 aromatic carbocycles. The first-order valence-electron chi connectivity index (χ1n) is 15.6. The monoisotopic (exact) mass is 574 g/mol. The molecule has 0 N–H and O–H groups in total. The molecular formula is C39H34N4O. The zero-order chi connectivity index (χ0) is 29.8. The van der Waals surface area contributed by atoms with E-state index in [1.165, 1.54) is 55.6 Å². The molecule has 8 rings (SSSR count). The molecular weight excluding hydrogens is 540 g/mol. The van der Waals surface area contributed by atoms with Gasteiger partial charge in [0.05, 0.1) is 12.7 Å². The number of carbonyl (C=O) groups excluding carboxylic acids is 1. The molecule has 2 heterocycles. The minimum Gasteiger partial charge on any atom is -0.323 e. The maximum absolute atomic E-state index is 14.9. The summed E-state index contributed by atoms with van der Waals surface area (Å²) in [7, 11) is 0. The normalized spacial score (nSPS) is 14.0. The van der Waals surface area contributed by atoms with E-state index in [0.29, 0.717) is 0 Å². The molecule has 2 atom stereocenters. The number of carbonyl (C=O) groups is 1. The molecule has 216 valence electrons. The van der Waals surface area contributed by atoms with Crippen LogP contribution in [0.2, 0.25) is 0 Å². The zero-order valence-electron chi connectivity index (χ0n) is 25.1. The van der Waals surface area contributed by atoms with Crippen LogP contribution in [0.3, 0.4) is 0 Å². The fourth-order valence-electron chi connectivity index (χ4n) is 7.31. The third kappa shape index (κ3) is 4.34. The molecule has 0 spiro atoms. The van der Waals surface area contributed by atoms with Gasteiger partial charge in [0.2, 0.25) is 0 Å². The summed E-state index contributed by atoms with van der Waals surface area (Å²) in [6, 6.07) is 25.7. The first-order valence-corrected chi connectivity index (χ1v) is 15.6. The maximum Gasteiger partial charge on any atom is 0.187 e. The highest BCUT2D eigenvalue weighted by atomic mass is 16.1. The van der Waals surface area contributed by atoms with Gasteiger partial charge in [-0.1, -0.05) is 86.6 Å². The van der Waals surface area contributed by atoms with E-state index in [0.717, 1.165) is 36.8 Å². The van der Waals surface area contributed by atoms with Crippen LogP contribution in [0.15, 0.2) is 110 Å². The van der Waals surface area contributed by atoms with E-state index in [-0.39, 0.29) is 5.78 Å². The summed E-state index contributed by atoms with van der Waals surface area (Å²) in [6.45, 7) is 4.39. The Kier molecular flexibility index (Phi) is 6.41. The summed E-state index contributed by atoms with van der Waals surface area (Å²) in [5.41, 5.74) is 15.1. The Morgan fingerprint density at radius 2 is 1.02 bits per heavy atom. The Morgan fingerprint density at radius 1 is 0.614 bits per heavy atom. The predicted molar refractivity (Wildman–Crippen MR) is 174 cm³/mol. The minimum absolute atomic E-state index is 0.0773. The van der Waals surface area contributed by atoms with Crippen molar-refractivity contribution in [3.05, 3.63) is 155 Å². The first-order chi connectivity index (χ1) is 21.6. The van der Waals surface area contributed by atoms with Crippen LogP contribution in [0.5, 0.6) is 0 Å². The molecule has 5 nitrogen and oxygen atoms in total. The molecule has 0 saturated heterocycles. The average Bonchev–Trinajstić information content (AvgIpc) is 3.87. The van der Waals surface area contributed by atoms with Gasteiger partial charge in [0, 0.05) is 24.8 Å². The Labute approximate surface area is 257 Å². The van der Waals surface area contributed by atoms with E-state index in [2.05, 4.69) is 96.6 Å². The molecule has 2 aromatic heterocycles. The fraction of sp³-hybridized carbons (Fsp3) is 0.205. The molecule has 0 fully saturated rings. The molecule has 6 aromatic rings. The number of rotatable bonds is 8. The van der Waals surface area contributed by atoms with E-state index in [1.807, 2.05) is 21.5 Å². The van der Waals surface area contributed by atoms with E-state index in [1.54, 1.807) is 25.0 Å². The molecule has 0 bridgehead atoms. The first kappa shape index (κ1) is 26.6. The number of aromatic nitrogens is 4. The second-order valence-corrected chi connectivity index (χ2v) is 12.1. The Bertz CT molecular complexity index is 1870. The summed E-state index contributed by atoms with van der Waals surface area (Å²) in [5.74, 6) is 0.0773. The van der Waals surface area contributed by atoms with Crippen LogP contribution in [0, 0.1) is 0 Å². The largest absolute Gasteiger partial charge is 0.323 e. The molecule has 5 heteroatoms. The topological polar surface area (TPSA) is 52.7 Å². The number of benzene rings is 4. The lowest BCUT2D eigenvalue weighted by atomic mass is 9.90. The number of imidazole rings is 2. The lowest BCUT2D eigenvalue weighted by Gasteiger charge is -2.26. The van der Waals surface area contributed by atoms with Crippen LogP contribution in [-0.2, 0) is 30.5 Å². The second kappa shape index (κ2) is 10.6. The molecule has 0 radical (unpaired) electrons. The van der Waals surface area contributed by atoms with Crippen LogP contribution in [-0.4, -0.2) is 24.9 Å². The lowest BCUT2D eigenvalue weighted by Crippen LogP contribution is -2.29.